The summed E-state index contributed by atoms with van der Waals surface area (Å²) in [7, 11) is 1.74. The Bertz CT molecular complexity index is 1420. The highest BCUT2D eigenvalue weighted by molar-refractivity contribution is 5.94. The third-order valence-corrected chi connectivity index (χ3v) is 8.40. The first-order chi connectivity index (χ1) is 21.9. The second-order valence-corrected chi connectivity index (χ2v) is 11.8. The number of hydrogen-bond donors (Lipinski definition) is 4. The zero-order chi connectivity index (χ0) is 31.6. The third-order valence-electron chi connectivity index (χ3n) is 8.40. The molecule has 2 amide bonds. The number of ether oxygens (including phenoxy) is 3. The van der Waals surface area contributed by atoms with Crippen molar-refractivity contribution in [3.63, 3.8) is 0 Å². The summed E-state index contributed by atoms with van der Waals surface area (Å²) in [5, 5.41) is 15.2. The van der Waals surface area contributed by atoms with E-state index in [2.05, 4.69) is 15.5 Å². The van der Waals surface area contributed by atoms with E-state index in [0.29, 0.717) is 42.6 Å². The third kappa shape index (κ3) is 9.12. The molecule has 0 aliphatic carbocycles. The number of hydrogen-bond acceptors (Lipinski definition) is 8. The van der Waals surface area contributed by atoms with Crippen molar-refractivity contribution in [2.45, 2.75) is 69.7 Å². The van der Waals surface area contributed by atoms with E-state index in [1.165, 1.54) is 0 Å². The van der Waals surface area contributed by atoms with Crippen molar-refractivity contribution >= 4 is 28.9 Å². The molecule has 3 aromatic rings. The van der Waals surface area contributed by atoms with E-state index in [-0.39, 0.29) is 43.5 Å². The van der Waals surface area contributed by atoms with Crippen LogP contribution in [0.4, 0.5) is 17.1 Å². The molecule has 2 aliphatic heterocycles. The number of aliphatic hydroxyl groups is 1. The average molecular weight is 617 g/mol. The first kappa shape index (κ1) is 32.6. The molecular formula is C35H44N4O6. The van der Waals surface area contributed by atoms with E-state index in [4.69, 9.17) is 19.9 Å². The SMILES string of the molecule is COC[C@@H]1CCCN1C[C@H]1C[C@@H](c2ccc(CO)cc2)O[C@@H](c2cccc(NC(=O)CCCC(=O)Nc3ccccc3N)c2)O1. The molecule has 0 radical (unpaired) electrons. The lowest BCUT2D eigenvalue weighted by molar-refractivity contribution is -0.253. The molecule has 45 heavy (non-hydrogen) atoms. The van der Waals surface area contributed by atoms with Gasteiger partial charge in [0.1, 0.15) is 0 Å². The largest absolute Gasteiger partial charge is 0.397 e. The van der Waals surface area contributed by atoms with Crippen molar-refractivity contribution in [2.75, 3.05) is 43.2 Å². The number of benzene rings is 3. The smallest absolute Gasteiger partial charge is 0.224 e. The maximum atomic E-state index is 12.8. The van der Waals surface area contributed by atoms with E-state index >= 15 is 0 Å². The minimum Gasteiger partial charge on any atom is -0.397 e. The number of nitrogen functional groups attached to an aromatic ring is 1. The molecule has 0 unspecified atom stereocenters. The lowest BCUT2D eigenvalue weighted by atomic mass is 9.99. The van der Waals surface area contributed by atoms with Crippen molar-refractivity contribution < 1.29 is 28.9 Å². The Morgan fingerprint density at radius 1 is 0.978 bits per heavy atom. The van der Waals surface area contributed by atoms with Crippen LogP contribution in [0.5, 0.6) is 0 Å². The van der Waals surface area contributed by atoms with E-state index in [1.807, 2.05) is 48.5 Å². The van der Waals surface area contributed by atoms with Gasteiger partial charge in [0, 0.05) is 50.2 Å². The minimum atomic E-state index is -0.624. The normalized spacial score (nSPS) is 21.8. The molecular weight excluding hydrogens is 572 g/mol. The molecule has 2 saturated heterocycles. The summed E-state index contributed by atoms with van der Waals surface area (Å²) in [6.07, 6.45) is 2.87. The van der Waals surface area contributed by atoms with Crippen LogP contribution in [-0.4, -0.2) is 60.8 Å². The Hall–Kier alpha value is -3.80. The number of nitrogens with zero attached hydrogens (tertiary/aromatic N) is 1. The van der Waals surface area contributed by atoms with Crippen LogP contribution in [-0.2, 0) is 30.4 Å². The first-order valence-corrected chi connectivity index (χ1v) is 15.7. The van der Waals surface area contributed by atoms with E-state index in [1.54, 1.807) is 31.4 Å². The van der Waals surface area contributed by atoms with Gasteiger partial charge in [-0.25, -0.2) is 0 Å². The Labute approximate surface area is 264 Å². The van der Waals surface area contributed by atoms with E-state index < -0.39 is 6.29 Å². The molecule has 5 rings (SSSR count). The molecule has 2 fully saturated rings. The predicted molar refractivity (Wildman–Crippen MR) is 173 cm³/mol. The molecule has 0 saturated carbocycles. The molecule has 0 spiro atoms. The van der Waals surface area contributed by atoms with Crippen LogP contribution < -0.4 is 16.4 Å². The highest BCUT2D eigenvalue weighted by Gasteiger charge is 2.35. The Kier molecular flexibility index (Phi) is 11.6. The van der Waals surface area contributed by atoms with Gasteiger partial charge >= 0.3 is 0 Å². The number of methoxy groups -OCH3 is 1. The summed E-state index contributed by atoms with van der Waals surface area (Å²) < 4.78 is 18.5. The topological polar surface area (TPSA) is 135 Å². The number of anilines is 3. The predicted octanol–water partition coefficient (Wildman–Crippen LogP) is 5.16. The number of likely N-dealkylation sites (tertiary alicyclic amines) is 1. The lowest BCUT2D eigenvalue weighted by Gasteiger charge is -2.39. The Morgan fingerprint density at radius 3 is 2.51 bits per heavy atom. The van der Waals surface area contributed by atoms with Gasteiger partial charge in [-0.05, 0) is 61.2 Å². The number of amides is 2. The summed E-state index contributed by atoms with van der Waals surface area (Å²) in [5.41, 5.74) is 10.3. The van der Waals surface area contributed by atoms with Crippen LogP contribution in [0, 0.1) is 0 Å². The number of carbonyl (C=O) groups excluding carboxylic acids is 2. The number of para-hydroxylation sites is 2. The van der Waals surface area contributed by atoms with Crippen molar-refractivity contribution in [1.82, 2.24) is 4.90 Å². The van der Waals surface area contributed by atoms with Crippen LogP contribution in [0.2, 0.25) is 0 Å². The number of nitrogens with two attached hydrogens (primary N) is 1. The van der Waals surface area contributed by atoms with Crippen molar-refractivity contribution in [3.8, 4) is 0 Å². The van der Waals surface area contributed by atoms with Gasteiger partial charge in [0.05, 0.1) is 36.8 Å². The van der Waals surface area contributed by atoms with Gasteiger partial charge in [-0.2, -0.15) is 0 Å². The van der Waals surface area contributed by atoms with Gasteiger partial charge in [0.15, 0.2) is 6.29 Å². The zero-order valence-corrected chi connectivity index (χ0v) is 25.8. The summed E-state index contributed by atoms with van der Waals surface area (Å²) in [5.74, 6) is -0.366. The molecule has 2 heterocycles. The lowest BCUT2D eigenvalue weighted by Crippen LogP contribution is -2.42. The van der Waals surface area contributed by atoms with Crippen LogP contribution in [0.1, 0.15) is 67.6 Å². The second kappa shape index (κ2) is 16.0. The summed E-state index contributed by atoms with van der Waals surface area (Å²) in [4.78, 5) is 27.5. The molecule has 10 heteroatoms. The summed E-state index contributed by atoms with van der Waals surface area (Å²) >= 11 is 0. The molecule has 4 atom stereocenters. The molecule has 10 nitrogen and oxygen atoms in total. The van der Waals surface area contributed by atoms with Crippen molar-refractivity contribution in [3.05, 3.63) is 89.5 Å². The van der Waals surface area contributed by atoms with Gasteiger partial charge in [-0.1, -0.05) is 48.5 Å². The number of aliphatic hydroxyl groups excluding tert-OH is 1. The van der Waals surface area contributed by atoms with Crippen LogP contribution in [0.3, 0.4) is 0 Å². The Morgan fingerprint density at radius 2 is 1.76 bits per heavy atom. The highest BCUT2D eigenvalue weighted by atomic mass is 16.7. The van der Waals surface area contributed by atoms with Gasteiger partial charge in [-0.3, -0.25) is 14.5 Å². The number of rotatable bonds is 13. The van der Waals surface area contributed by atoms with Gasteiger partial charge in [-0.15, -0.1) is 0 Å². The van der Waals surface area contributed by atoms with Crippen LogP contribution >= 0.6 is 0 Å². The summed E-state index contributed by atoms with van der Waals surface area (Å²) in [6.45, 7) is 2.48. The monoisotopic (exact) mass is 616 g/mol. The minimum absolute atomic E-state index is 0.00939. The fourth-order valence-electron chi connectivity index (χ4n) is 6.03. The van der Waals surface area contributed by atoms with Crippen LogP contribution in [0.15, 0.2) is 72.8 Å². The van der Waals surface area contributed by atoms with Crippen molar-refractivity contribution in [1.29, 1.82) is 0 Å². The average Bonchev–Trinajstić information content (AvgIpc) is 3.48. The summed E-state index contributed by atoms with van der Waals surface area (Å²) in [6, 6.07) is 22.8. The molecule has 0 bridgehead atoms. The quantitative estimate of drug-likeness (QED) is 0.193. The molecule has 240 valence electrons. The first-order valence-electron chi connectivity index (χ1n) is 15.7. The fourth-order valence-corrected chi connectivity index (χ4v) is 6.03. The number of nitrogens with one attached hydrogen (secondary N) is 2. The highest BCUT2D eigenvalue weighted by Crippen LogP contribution is 2.39. The van der Waals surface area contributed by atoms with Crippen LogP contribution in [0.25, 0.3) is 0 Å². The molecule has 5 N–H and O–H groups in total. The Balaban J connectivity index is 1.21. The zero-order valence-electron chi connectivity index (χ0n) is 25.8. The van der Waals surface area contributed by atoms with E-state index in [9.17, 15) is 14.7 Å². The van der Waals surface area contributed by atoms with Gasteiger partial charge in [0.25, 0.3) is 0 Å². The van der Waals surface area contributed by atoms with Gasteiger partial charge in [0.2, 0.25) is 11.8 Å². The second-order valence-electron chi connectivity index (χ2n) is 11.8. The van der Waals surface area contributed by atoms with E-state index in [0.717, 1.165) is 42.6 Å². The van der Waals surface area contributed by atoms with Crippen molar-refractivity contribution in [2.24, 2.45) is 0 Å². The molecule has 3 aromatic carbocycles. The molecule has 0 aromatic heterocycles. The maximum absolute atomic E-state index is 12.8. The maximum Gasteiger partial charge on any atom is 0.224 e. The van der Waals surface area contributed by atoms with Gasteiger partial charge < -0.3 is 35.7 Å². The standard InChI is InChI=1S/C35H44N4O6/c1-43-23-28-9-6-18-39(28)21-29-20-32(25-16-14-24(22-40)15-17-25)45-35(44-29)26-7-4-8-27(19-26)37-33(41)12-5-13-34(42)38-31-11-3-2-10-30(31)36/h2-4,7-8,10-11,14-17,19,28-29,32,35,40H,5-6,9,12-13,18,20-23,36H2,1H3,(H,37,41)(H,38,42)/t28-,29+,32-,35-/m0/s1. The molecule has 2 aliphatic rings. The number of carbonyl (C=O) groups is 2. The fraction of sp³-hybridized carbons (Fsp3) is 0.429.